The third-order valence-corrected chi connectivity index (χ3v) is 5.71. The molecule has 5 heteroatoms. The van der Waals surface area contributed by atoms with Crippen LogP contribution in [0.1, 0.15) is 30.5 Å². The van der Waals surface area contributed by atoms with Crippen LogP contribution >= 0.6 is 0 Å². The Morgan fingerprint density at radius 2 is 1.39 bits per heavy atom. The van der Waals surface area contributed by atoms with Crippen molar-refractivity contribution in [2.24, 2.45) is 0 Å². The lowest BCUT2D eigenvalue weighted by Crippen LogP contribution is -3.10. The lowest BCUT2D eigenvalue weighted by molar-refractivity contribution is -0.910. The van der Waals surface area contributed by atoms with E-state index in [1.165, 1.54) is 10.5 Å². The smallest absolute Gasteiger partial charge is 0.239 e. The molecule has 5 nitrogen and oxygen atoms in total. The van der Waals surface area contributed by atoms with Gasteiger partial charge in [0, 0.05) is 12.1 Å². The maximum absolute atomic E-state index is 12.4. The van der Waals surface area contributed by atoms with Crippen LogP contribution in [0.2, 0.25) is 0 Å². The molecule has 3 aromatic rings. The molecule has 162 valence electrons. The summed E-state index contributed by atoms with van der Waals surface area (Å²) in [6, 6.07) is 22.2. The number of carbonyl (C=O) groups is 2. The molecule has 0 radical (unpaired) electrons. The Kier molecular flexibility index (Phi) is 8.19. The van der Waals surface area contributed by atoms with Crippen LogP contribution in [0.4, 0.5) is 0 Å². The van der Waals surface area contributed by atoms with Gasteiger partial charge in [-0.3, -0.25) is 9.59 Å². The van der Waals surface area contributed by atoms with E-state index in [1.54, 1.807) is 0 Å². The number of rotatable bonds is 10. The zero-order chi connectivity index (χ0) is 22.1. The van der Waals surface area contributed by atoms with Crippen LogP contribution in [0.3, 0.4) is 0 Å². The minimum atomic E-state index is -0.184. The van der Waals surface area contributed by atoms with Crippen molar-refractivity contribution < 1.29 is 14.5 Å². The SMILES string of the molecule is CC[NH+](CC)Cc1ccccc1CNC(=O)CNC(=O)Cc1cccc2ccccc12. The van der Waals surface area contributed by atoms with Crippen LogP contribution in [0.15, 0.2) is 66.7 Å². The number of benzene rings is 3. The second-order valence-corrected chi connectivity index (χ2v) is 7.77. The van der Waals surface area contributed by atoms with Crippen LogP contribution in [-0.2, 0) is 29.1 Å². The highest BCUT2D eigenvalue weighted by Crippen LogP contribution is 2.18. The summed E-state index contributed by atoms with van der Waals surface area (Å²) >= 11 is 0. The molecule has 0 fully saturated rings. The van der Waals surface area contributed by atoms with Crippen LogP contribution in [-0.4, -0.2) is 31.4 Å². The van der Waals surface area contributed by atoms with Gasteiger partial charge in [0.2, 0.25) is 11.8 Å². The maximum Gasteiger partial charge on any atom is 0.239 e. The molecule has 2 amide bonds. The van der Waals surface area contributed by atoms with E-state index in [0.29, 0.717) is 6.54 Å². The first-order valence-electron chi connectivity index (χ1n) is 11.0. The molecule has 0 atom stereocenters. The van der Waals surface area contributed by atoms with Crippen molar-refractivity contribution in [3.63, 3.8) is 0 Å². The average Bonchev–Trinajstić information content (AvgIpc) is 2.80. The van der Waals surface area contributed by atoms with Gasteiger partial charge in [-0.15, -0.1) is 0 Å². The molecule has 0 heterocycles. The van der Waals surface area contributed by atoms with Crippen LogP contribution < -0.4 is 15.5 Å². The Balaban J connectivity index is 1.50. The summed E-state index contributed by atoms with van der Waals surface area (Å²) in [4.78, 5) is 26.2. The van der Waals surface area contributed by atoms with Gasteiger partial charge < -0.3 is 15.5 Å². The molecule has 3 N–H and O–H groups in total. The van der Waals surface area contributed by atoms with Gasteiger partial charge in [-0.05, 0) is 35.7 Å². The van der Waals surface area contributed by atoms with Crippen molar-refractivity contribution >= 4 is 22.6 Å². The van der Waals surface area contributed by atoms with E-state index < -0.39 is 0 Å². The number of fused-ring (bicyclic) bond motifs is 1. The van der Waals surface area contributed by atoms with E-state index in [1.807, 2.05) is 54.6 Å². The van der Waals surface area contributed by atoms with Crippen LogP contribution in [0.5, 0.6) is 0 Å². The lowest BCUT2D eigenvalue weighted by Gasteiger charge is -2.18. The standard InChI is InChI=1S/C26H31N3O2/c1-3-29(4-2)19-23-12-6-5-11-22(23)17-27-26(31)18-28-25(30)16-21-14-9-13-20-10-7-8-15-24(20)21/h5-15H,3-4,16-19H2,1-2H3,(H,27,31)(H,28,30)/p+1. The second kappa shape index (κ2) is 11.3. The summed E-state index contributed by atoms with van der Waals surface area (Å²) in [5.41, 5.74) is 3.34. The molecular formula is C26H32N3O2+. The largest absolute Gasteiger partial charge is 0.350 e. The summed E-state index contributed by atoms with van der Waals surface area (Å²) in [5, 5.41) is 7.85. The first kappa shape index (κ1) is 22.5. The molecule has 3 aromatic carbocycles. The molecule has 3 rings (SSSR count). The summed E-state index contributed by atoms with van der Waals surface area (Å²) in [5.74, 6) is -0.340. The molecule has 0 aliphatic rings. The minimum absolute atomic E-state index is 0.0208. The number of amides is 2. The maximum atomic E-state index is 12.4. The molecule has 0 aliphatic carbocycles. The molecule has 0 spiro atoms. The first-order valence-corrected chi connectivity index (χ1v) is 11.0. The van der Waals surface area contributed by atoms with Crippen molar-refractivity contribution in [2.45, 2.75) is 33.4 Å². The molecule has 31 heavy (non-hydrogen) atoms. The second-order valence-electron chi connectivity index (χ2n) is 7.77. The zero-order valence-electron chi connectivity index (χ0n) is 18.4. The fourth-order valence-electron chi connectivity index (χ4n) is 3.79. The van der Waals surface area contributed by atoms with Gasteiger partial charge in [-0.1, -0.05) is 66.7 Å². The van der Waals surface area contributed by atoms with Crippen molar-refractivity contribution in [1.29, 1.82) is 0 Å². The van der Waals surface area contributed by atoms with E-state index in [4.69, 9.17) is 0 Å². The van der Waals surface area contributed by atoms with Gasteiger partial charge >= 0.3 is 0 Å². The number of hydrogen-bond acceptors (Lipinski definition) is 2. The van der Waals surface area contributed by atoms with Crippen molar-refractivity contribution in [1.82, 2.24) is 10.6 Å². The van der Waals surface area contributed by atoms with Crippen molar-refractivity contribution in [2.75, 3.05) is 19.6 Å². The highest BCUT2D eigenvalue weighted by Gasteiger charge is 2.11. The Morgan fingerprint density at radius 1 is 0.742 bits per heavy atom. The van der Waals surface area contributed by atoms with E-state index in [9.17, 15) is 9.59 Å². The van der Waals surface area contributed by atoms with Crippen molar-refractivity contribution in [3.05, 3.63) is 83.4 Å². The molecular weight excluding hydrogens is 386 g/mol. The Labute approximate surface area is 184 Å². The molecule has 0 saturated carbocycles. The van der Waals surface area contributed by atoms with Gasteiger partial charge in [-0.2, -0.15) is 0 Å². The summed E-state index contributed by atoms with van der Waals surface area (Å²) in [6.07, 6.45) is 0.254. The number of hydrogen-bond donors (Lipinski definition) is 3. The normalized spacial score (nSPS) is 10.9. The average molecular weight is 419 g/mol. The van der Waals surface area contributed by atoms with Gasteiger partial charge in [0.1, 0.15) is 6.54 Å². The summed E-state index contributed by atoms with van der Waals surface area (Å²) < 4.78 is 0. The third kappa shape index (κ3) is 6.40. The van der Waals surface area contributed by atoms with Gasteiger partial charge in [-0.25, -0.2) is 0 Å². The predicted octanol–water partition coefficient (Wildman–Crippen LogP) is 2.24. The summed E-state index contributed by atoms with van der Waals surface area (Å²) in [6.45, 7) is 7.90. The fourth-order valence-corrected chi connectivity index (χ4v) is 3.79. The van der Waals surface area contributed by atoms with E-state index in [2.05, 4.69) is 36.6 Å². The monoisotopic (exact) mass is 418 g/mol. The lowest BCUT2D eigenvalue weighted by atomic mass is 10.0. The van der Waals surface area contributed by atoms with E-state index in [-0.39, 0.29) is 24.8 Å². The molecule has 0 saturated heterocycles. The van der Waals surface area contributed by atoms with Crippen LogP contribution in [0, 0.1) is 0 Å². The predicted molar refractivity (Wildman–Crippen MR) is 125 cm³/mol. The molecule has 0 aliphatic heterocycles. The van der Waals surface area contributed by atoms with Crippen LogP contribution in [0.25, 0.3) is 10.8 Å². The highest BCUT2D eigenvalue weighted by molar-refractivity contribution is 5.91. The number of quaternary nitrogens is 1. The highest BCUT2D eigenvalue weighted by atomic mass is 16.2. The van der Waals surface area contributed by atoms with Gasteiger partial charge in [0.15, 0.2) is 0 Å². The van der Waals surface area contributed by atoms with Gasteiger partial charge in [0.05, 0.1) is 26.1 Å². The Hall–Kier alpha value is -3.18. The van der Waals surface area contributed by atoms with E-state index in [0.717, 1.165) is 41.5 Å². The topological polar surface area (TPSA) is 62.6 Å². The third-order valence-electron chi connectivity index (χ3n) is 5.71. The Bertz CT molecular complexity index is 1020. The fraction of sp³-hybridized carbons (Fsp3) is 0.308. The minimum Gasteiger partial charge on any atom is -0.350 e. The molecule has 0 unspecified atom stereocenters. The van der Waals surface area contributed by atoms with Crippen molar-refractivity contribution in [3.8, 4) is 0 Å². The van der Waals surface area contributed by atoms with E-state index >= 15 is 0 Å². The Morgan fingerprint density at radius 3 is 2.16 bits per heavy atom. The quantitative estimate of drug-likeness (QED) is 0.473. The molecule has 0 bridgehead atoms. The number of carbonyl (C=O) groups excluding carboxylic acids is 2. The molecule has 0 aromatic heterocycles. The zero-order valence-corrected chi connectivity index (χ0v) is 18.4. The summed E-state index contributed by atoms with van der Waals surface area (Å²) in [7, 11) is 0. The van der Waals surface area contributed by atoms with Gasteiger partial charge in [0.25, 0.3) is 0 Å². The first-order chi connectivity index (χ1) is 15.1. The number of nitrogens with one attached hydrogen (secondary N) is 3.